The van der Waals surface area contributed by atoms with E-state index in [9.17, 15) is 9.59 Å². The first-order valence-corrected chi connectivity index (χ1v) is 7.08. The molecule has 0 aromatic heterocycles. The molecule has 1 amide bonds. The van der Waals surface area contributed by atoms with E-state index in [0.29, 0.717) is 31.9 Å². The Morgan fingerprint density at radius 2 is 1.79 bits per heavy atom. The summed E-state index contributed by atoms with van der Waals surface area (Å²) in [5, 5.41) is 0. The van der Waals surface area contributed by atoms with Crippen molar-refractivity contribution in [2.45, 2.75) is 20.3 Å². The largest absolute Gasteiger partial charge is 0.469 e. The van der Waals surface area contributed by atoms with Crippen LogP contribution in [0.5, 0.6) is 0 Å². The molecule has 0 aromatic carbocycles. The van der Waals surface area contributed by atoms with E-state index in [1.165, 1.54) is 7.11 Å². The summed E-state index contributed by atoms with van der Waals surface area (Å²) in [5.41, 5.74) is -0.504. The topological polar surface area (TPSA) is 49.9 Å². The van der Waals surface area contributed by atoms with E-state index in [1.807, 2.05) is 18.7 Å². The predicted octanol–water partition coefficient (Wildman–Crippen LogP) is 0.959. The van der Waals surface area contributed by atoms with Crippen molar-refractivity contribution in [3.63, 3.8) is 0 Å². The maximum atomic E-state index is 12.2. The van der Waals surface area contributed by atoms with Gasteiger partial charge in [0.15, 0.2) is 0 Å². The molecule has 0 radical (unpaired) electrons. The molecule has 0 N–H and O–H groups in total. The molecule has 0 saturated carbocycles. The van der Waals surface area contributed by atoms with Crippen molar-refractivity contribution in [3.8, 4) is 0 Å². The van der Waals surface area contributed by atoms with Gasteiger partial charge in [-0.1, -0.05) is 0 Å². The lowest BCUT2D eigenvalue weighted by atomic mass is 9.94. The highest BCUT2D eigenvalue weighted by Gasteiger charge is 2.32. The summed E-state index contributed by atoms with van der Waals surface area (Å²) in [5.74, 6) is 0.242. The first-order chi connectivity index (χ1) is 8.90. The highest BCUT2D eigenvalue weighted by atomic mass is 35.5. The van der Waals surface area contributed by atoms with Gasteiger partial charge in [0.25, 0.3) is 0 Å². The van der Waals surface area contributed by atoms with Crippen LogP contribution >= 0.6 is 11.6 Å². The van der Waals surface area contributed by atoms with Crippen LogP contribution < -0.4 is 0 Å². The fourth-order valence-corrected chi connectivity index (χ4v) is 2.13. The van der Waals surface area contributed by atoms with Crippen LogP contribution in [-0.2, 0) is 14.3 Å². The second kappa shape index (κ2) is 7.10. The Kier molecular flexibility index (Phi) is 6.07. The van der Waals surface area contributed by atoms with Gasteiger partial charge in [0.1, 0.15) is 0 Å². The van der Waals surface area contributed by atoms with E-state index < -0.39 is 5.41 Å². The number of alkyl halides is 1. The number of hydrogen-bond donors (Lipinski definition) is 0. The number of halogens is 1. The molecule has 1 saturated heterocycles. The number of methoxy groups -OCH3 is 1. The summed E-state index contributed by atoms with van der Waals surface area (Å²) >= 11 is 5.83. The van der Waals surface area contributed by atoms with Gasteiger partial charge in [0.05, 0.1) is 18.9 Å². The zero-order chi connectivity index (χ0) is 14.5. The molecule has 1 fully saturated rings. The molecule has 1 aliphatic rings. The maximum Gasteiger partial charge on any atom is 0.306 e. The molecule has 0 aromatic rings. The fourth-order valence-electron chi connectivity index (χ4n) is 2.01. The van der Waals surface area contributed by atoms with Gasteiger partial charge in [-0.3, -0.25) is 14.5 Å². The number of esters is 1. The molecule has 1 rings (SSSR count). The third kappa shape index (κ3) is 4.66. The Bertz CT molecular complexity index is 326. The van der Waals surface area contributed by atoms with Gasteiger partial charge in [-0.25, -0.2) is 0 Å². The van der Waals surface area contributed by atoms with Crippen LogP contribution in [0.3, 0.4) is 0 Å². The highest BCUT2D eigenvalue weighted by molar-refractivity contribution is 6.19. The quantitative estimate of drug-likeness (QED) is 0.559. The Labute approximate surface area is 119 Å². The number of rotatable bonds is 5. The van der Waals surface area contributed by atoms with Crippen LogP contribution in [0.25, 0.3) is 0 Å². The van der Waals surface area contributed by atoms with Crippen LogP contribution in [0.1, 0.15) is 20.3 Å². The van der Waals surface area contributed by atoms with E-state index in [4.69, 9.17) is 11.6 Å². The van der Waals surface area contributed by atoms with E-state index in [1.54, 1.807) is 0 Å². The van der Waals surface area contributed by atoms with Crippen molar-refractivity contribution in [3.05, 3.63) is 0 Å². The summed E-state index contributed by atoms with van der Waals surface area (Å²) in [6, 6.07) is 0. The summed E-state index contributed by atoms with van der Waals surface area (Å²) in [4.78, 5) is 27.3. The van der Waals surface area contributed by atoms with E-state index in [0.717, 1.165) is 13.1 Å². The number of piperazine rings is 1. The number of nitrogens with zero attached hydrogens (tertiary/aromatic N) is 2. The normalized spacial score (nSPS) is 17.4. The molecular weight excluding hydrogens is 268 g/mol. The predicted molar refractivity (Wildman–Crippen MR) is 74.2 cm³/mol. The number of carbonyl (C=O) groups excluding carboxylic acids is 2. The third-order valence-corrected chi connectivity index (χ3v) is 4.10. The van der Waals surface area contributed by atoms with E-state index >= 15 is 0 Å². The lowest BCUT2D eigenvalue weighted by Crippen LogP contribution is -2.52. The zero-order valence-corrected chi connectivity index (χ0v) is 12.7. The molecule has 0 spiro atoms. The van der Waals surface area contributed by atoms with Gasteiger partial charge in [0.2, 0.25) is 5.91 Å². The SMILES string of the molecule is COC(=O)CCN1CCN(C(=O)C(C)(C)CCl)CC1. The van der Waals surface area contributed by atoms with Gasteiger partial charge < -0.3 is 9.64 Å². The molecule has 5 nitrogen and oxygen atoms in total. The standard InChI is InChI=1S/C13H23ClN2O3/c1-13(2,10-14)12(18)16-8-6-15(7-9-16)5-4-11(17)19-3/h4-10H2,1-3H3. The molecule has 0 aliphatic carbocycles. The summed E-state index contributed by atoms with van der Waals surface area (Å²) in [6.45, 7) is 7.40. The van der Waals surface area contributed by atoms with Gasteiger partial charge in [-0.05, 0) is 13.8 Å². The first kappa shape index (κ1) is 16.2. The highest BCUT2D eigenvalue weighted by Crippen LogP contribution is 2.21. The van der Waals surface area contributed by atoms with Crippen LogP contribution in [0.15, 0.2) is 0 Å². The lowest BCUT2D eigenvalue weighted by Gasteiger charge is -2.38. The minimum atomic E-state index is -0.504. The number of carbonyl (C=O) groups is 2. The van der Waals surface area contributed by atoms with Gasteiger partial charge in [-0.15, -0.1) is 11.6 Å². The van der Waals surface area contributed by atoms with E-state index in [-0.39, 0.29) is 11.9 Å². The molecule has 110 valence electrons. The minimum Gasteiger partial charge on any atom is -0.469 e. The Morgan fingerprint density at radius 1 is 1.21 bits per heavy atom. The lowest BCUT2D eigenvalue weighted by molar-refractivity contribution is -0.143. The van der Waals surface area contributed by atoms with Gasteiger partial charge in [-0.2, -0.15) is 0 Å². The maximum absolute atomic E-state index is 12.2. The minimum absolute atomic E-state index is 0.107. The molecule has 0 bridgehead atoms. The number of hydrogen-bond acceptors (Lipinski definition) is 4. The number of amides is 1. The Hall–Kier alpha value is -0.810. The smallest absolute Gasteiger partial charge is 0.306 e. The van der Waals surface area contributed by atoms with E-state index in [2.05, 4.69) is 9.64 Å². The van der Waals surface area contributed by atoms with Crippen molar-refractivity contribution in [2.24, 2.45) is 5.41 Å². The van der Waals surface area contributed by atoms with Gasteiger partial charge in [0, 0.05) is 38.6 Å². The van der Waals surface area contributed by atoms with Crippen LogP contribution in [-0.4, -0.2) is 67.4 Å². The monoisotopic (exact) mass is 290 g/mol. The number of ether oxygens (including phenoxy) is 1. The van der Waals surface area contributed by atoms with Crippen molar-refractivity contribution in [2.75, 3.05) is 45.7 Å². The summed E-state index contributed by atoms with van der Waals surface area (Å²) < 4.78 is 4.62. The fraction of sp³-hybridized carbons (Fsp3) is 0.846. The zero-order valence-electron chi connectivity index (χ0n) is 11.9. The van der Waals surface area contributed by atoms with Crippen LogP contribution in [0, 0.1) is 5.41 Å². The molecule has 0 unspecified atom stereocenters. The molecule has 6 heteroatoms. The third-order valence-electron chi connectivity index (χ3n) is 3.43. The Balaban J connectivity index is 2.37. The van der Waals surface area contributed by atoms with Crippen molar-refractivity contribution in [1.82, 2.24) is 9.80 Å². The second-order valence-electron chi connectivity index (χ2n) is 5.48. The molecule has 1 aliphatic heterocycles. The molecular formula is C13H23ClN2O3. The summed E-state index contributed by atoms with van der Waals surface area (Å²) in [7, 11) is 1.40. The van der Waals surface area contributed by atoms with Crippen LogP contribution in [0.2, 0.25) is 0 Å². The van der Waals surface area contributed by atoms with Crippen molar-refractivity contribution < 1.29 is 14.3 Å². The first-order valence-electron chi connectivity index (χ1n) is 6.55. The second-order valence-corrected chi connectivity index (χ2v) is 5.74. The molecule has 0 atom stereocenters. The summed E-state index contributed by atoms with van der Waals surface area (Å²) in [6.07, 6.45) is 0.400. The van der Waals surface area contributed by atoms with Gasteiger partial charge >= 0.3 is 5.97 Å². The Morgan fingerprint density at radius 3 is 2.26 bits per heavy atom. The molecule has 19 heavy (non-hydrogen) atoms. The average Bonchev–Trinajstić information content (AvgIpc) is 2.44. The van der Waals surface area contributed by atoms with Crippen molar-refractivity contribution >= 4 is 23.5 Å². The van der Waals surface area contributed by atoms with Crippen molar-refractivity contribution in [1.29, 1.82) is 0 Å². The average molecular weight is 291 g/mol. The molecule has 1 heterocycles. The van der Waals surface area contributed by atoms with Crippen LogP contribution in [0.4, 0.5) is 0 Å².